The van der Waals surface area contributed by atoms with E-state index in [1.807, 2.05) is 54.6 Å². The Morgan fingerprint density at radius 1 is 1.00 bits per heavy atom. The van der Waals surface area contributed by atoms with Crippen LogP contribution in [0.5, 0.6) is 5.75 Å². The van der Waals surface area contributed by atoms with Crippen molar-refractivity contribution in [3.8, 4) is 5.75 Å². The number of sulfonamides is 1. The Hall–Kier alpha value is -3.08. The largest absolute Gasteiger partial charge is 0.495 e. The van der Waals surface area contributed by atoms with Crippen molar-refractivity contribution < 1.29 is 22.7 Å². The number of amides is 2. The van der Waals surface area contributed by atoms with Crippen LogP contribution >= 0.6 is 27.5 Å². The lowest BCUT2D eigenvalue weighted by Gasteiger charge is -2.34. The van der Waals surface area contributed by atoms with Gasteiger partial charge in [0, 0.05) is 36.4 Å². The van der Waals surface area contributed by atoms with E-state index in [2.05, 4.69) is 21.2 Å². The molecule has 1 aliphatic rings. The molecule has 1 N–H and O–H groups in total. The average Bonchev–Trinajstić information content (AvgIpc) is 3.01. The second kappa shape index (κ2) is 16.5. The van der Waals surface area contributed by atoms with Crippen molar-refractivity contribution in [1.82, 2.24) is 10.2 Å². The Bertz CT molecular complexity index is 1550. The number of hydrogen-bond donors (Lipinski definition) is 1. The predicted molar refractivity (Wildman–Crippen MR) is 183 cm³/mol. The van der Waals surface area contributed by atoms with Crippen molar-refractivity contribution in [1.29, 1.82) is 0 Å². The molecule has 0 heterocycles. The minimum absolute atomic E-state index is 0.0475. The van der Waals surface area contributed by atoms with Crippen LogP contribution in [0.3, 0.4) is 0 Å². The molecule has 11 heteroatoms. The Balaban J connectivity index is 1.59. The fraction of sp³-hybridized carbons (Fsp3) is 0.412. The summed E-state index contributed by atoms with van der Waals surface area (Å²) in [6, 6.07) is 21.5. The van der Waals surface area contributed by atoms with Crippen molar-refractivity contribution in [3.05, 3.63) is 93.4 Å². The third-order valence-electron chi connectivity index (χ3n) is 8.04. The summed E-state index contributed by atoms with van der Waals surface area (Å²) in [5, 5.41) is 3.53. The summed E-state index contributed by atoms with van der Waals surface area (Å²) >= 11 is 9.82. The molecule has 0 unspecified atom stereocenters. The Morgan fingerprint density at radius 2 is 1.71 bits per heavy atom. The number of carbonyl (C=O) groups excluding carboxylic acids is 2. The maximum absolute atomic E-state index is 14.1. The number of benzene rings is 3. The van der Waals surface area contributed by atoms with Gasteiger partial charge in [0.25, 0.3) is 0 Å². The van der Waals surface area contributed by atoms with Gasteiger partial charge < -0.3 is 15.0 Å². The highest BCUT2D eigenvalue weighted by Gasteiger charge is 2.32. The number of hydrogen-bond acceptors (Lipinski definition) is 5. The molecule has 2 amide bonds. The van der Waals surface area contributed by atoms with Gasteiger partial charge in [0.05, 0.1) is 24.1 Å². The molecular formula is C34H41BrClN3O5S. The number of halogens is 2. The minimum Gasteiger partial charge on any atom is -0.495 e. The number of nitrogens with zero attached hydrogens (tertiary/aromatic N) is 2. The lowest BCUT2D eigenvalue weighted by atomic mass is 9.94. The smallest absolute Gasteiger partial charge is 0.243 e. The molecule has 1 fully saturated rings. The molecular weight excluding hydrogens is 678 g/mol. The van der Waals surface area contributed by atoms with Crippen molar-refractivity contribution in [2.75, 3.05) is 24.2 Å². The van der Waals surface area contributed by atoms with Crippen LogP contribution in [0.2, 0.25) is 5.02 Å². The third kappa shape index (κ3) is 10.2. The molecule has 3 aromatic carbocycles. The van der Waals surface area contributed by atoms with E-state index in [4.69, 9.17) is 16.3 Å². The number of carbonyl (C=O) groups is 2. The van der Waals surface area contributed by atoms with Gasteiger partial charge in [0.2, 0.25) is 21.8 Å². The minimum atomic E-state index is -3.67. The van der Waals surface area contributed by atoms with Crippen LogP contribution in [-0.4, -0.2) is 57.1 Å². The summed E-state index contributed by atoms with van der Waals surface area (Å²) < 4.78 is 32.9. The Labute approximate surface area is 280 Å². The first-order chi connectivity index (χ1) is 21.5. The van der Waals surface area contributed by atoms with Gasteiger partial charge in [-0.25, -0.2) is 8.42 Å². The monoisotopic (exact) mass is 717 g/mol. The van der Waals surface area contributed by atoms with E-state index in [9.17, 15) is 18.0 Å². The van der Waals surface area contributed by atoms with Crippen molar-refractivity contribution >= 4 is 55.1 Å². The van der Waals surface area contributed by atoms with Gasteiger partial charge >= 0.3 is 0 Å². The van der Waals surface area contributed by atoms with Crippen LogP contribution in [0.15, 0.2) is 77.3 Å². The van der Waals surface area contributed by atoms with Gasteiger partial charge in [-0.15, -0.1) is 0 Å². The fourth-order valence-corrected chi connectivity index (χ4v) is 7.40. The van der Waals surface area contributed by atoms with E-state index in [1.165, 1.54) is 23.9 Å². The standard InChI is InChI=1S/C34H41BrClN3O5S/c1-44-32-19-18-29(23-30(32)36)39(45(2,42)43)20-10-17-33(40)38(24-26-13-9-14-27(35)21-26)31(22-25-11-5-3-6-12-25)34(41)37-28-15-7-4-8-16-28/h3,5-6,9,11-14,18-19,21,23,28,31H,4,7-8,10,15-17,20,22,24H2,1-2H3,(H,37,41)/t31-/m0/s1. The van der Waals surface area contributed by atoms with E-state index in [0.717, 1.165) is 47.5 Å². The van der Waals surface area contributed by atoms with Crippen LogP contribution in [0.1, 0.15) is 56.1 Å². The molecule has 1 aliphatic carbocycles. The van der Waals surface area contributed by atoms with E-state index in [-0.39, 0.29) is 48.8 Å². The number of methoxy groups -OCH3 is 1. The number of anilines is 1. The molecule has 45 heavy (non-hydrogen) atoms. The van der Waals surface area contributed by atoms with Gasteiger partial charge in [-0.3, -0.25) is 13.9 Å². The molecule has 0 aliphatic heterocycles. The fourth-order valence-electron chi connectivity index (χ4n) is 5.74. The predicted octanol–water partition coefficient (Wildman–Crippen LogP) is 6.75. The maximum Gasteiger partial charge on any atom is 0.243 e. The zero-order chi connectivity index (χ0) is 32.4. The molecule has 0 saturated heterocycles. The van der Waals surface area contributed by atoms with Gasteiger partial charge in [0.15, 0.2) is 0 Å². The quantitative estimate of drug-likeness (QED) is 0.199. The van der Waals surface area contributed by atoms with Crippen molar-refractivity contribution in [2.45, 2.75) is 70.0 Å². The molecule has 3 aromatic rings. The summed E-state index contributed by atoms with van der Waals surface area (Å²) in [6.45, 7) is 0.299. The highest BCUT2D eigenvalue weighted by Crippen LogP contribution is 2.30. The van der Waals surface area contributed by atoms with E-state index < -0.39 is 16.1 Å². The van der Waals surface area contributed by atoms with Gasteiger partial charge in [-0.2, -0.15) is 0 Å². The Kier molecular flexibility index (Phi) is 12.7. The summed E-state index contributed by atoms with van der Waals surface area (Å²) in [5.41, 5.74) is 2.22. The first-order valence-electron chi connectivity index (χ1n) is 15.2. The molecule has 0 radical (unpaired) electrons. The van der Waals surface area contributed by atoms with Gasteiger partial charge in [0.1, 0.15) is 11.8 Å². The second-order valence-electron chi connectivity index (χ2n) is 11.5. The van der Waals surface area contributed by atoms with Gasteiger partial charge in [-0.1, -0.05) is 89.3 Å². The van der Waals surface area contributed by atoms with Crippen molar-refractivity contribution in [3.63, 3.8) is 0 Å². The molecule has 0 spiro atoms. The molecule has 1 saturated carbocycles. The van der Waals surface area contributed by atoms with E-state index >= 15 is 0 Å². The lowest BCUT2D eigenvalue weighted by Crippen LogP contribution is -2.52. The number of nitrogens with one attached hydrogen (secondary N) is 1. The second-order valence-corrected chi connectivity index (χ2v) is 14.7. The molecule has 4 rings (SSSR count). The van der Waals surface area contributed by atoms with Gasteiger partial charge in [-0.05, 0) is 60.7 Å². The van der Waals surface area contributed by atoms with Crippen LogP contribution in [0, 0.1) is 0 Å². The van der Waals surface area contributed by atoms with Crippen molar-refractivity contribution in [2.24, 2.45) is 0 Å². The maximum atomic E-state index is 14.1. The number of rotatable bonds is 14. The normalized spacial score (nSPS) is 14.4. The molecule has 8 nitrogen and oxygen atoms in total. The van der Waals surface area contributed by atoms with E-state index in [0.29, 0.717) is 17.9 Å². The summed E-state index contributed by atoms with van der Waals surface area (Å²) in [5.74, 6) is 0.0406. The molecule has 0 aromatic heterocycles. The average molecular weight is 719 g/mol. The summed E-state index contributed by atoms with van der Waals surface area (Å²) in [6.07, 6.45) is 6.95. The van der Waals surface area contributed by atoms with Crippen LogP contribution in [-0.2, 0) is 32.6 Å². The topological polar surface area (TPSA) is 96.0 Å². The first-order valence-corrected chi connectivity index (χ1v) is 18.3. The van der Waals surface area contributed by atoms with Crippen LogP contribution < -0.4 is 14.4 Å². The zero-order valence-electron chi connectivity index (χ0n) is 25.8. The van der Waals surface area contributed by atoms with Crippen LogP contribution in [0.25, 0.3) is 0 Å². The van der Waals surface area contributed by atoms with Crippen LogP contribution in [0.4, 0.5) is 5.69 Å². The molecule has 242 valence electrons. The summed E-state index contributed by atoms with van der Waals surface area (Å²) in [4.78, 5) is 29.7. The number of ether oxygens (including phenoxy) is 1. The highest BCUT2D eigenvalue weighted by molar-refractivity contribution is 9.10. The molecule has 1 atom stereocenters. The van der Waals surface area contributed by atoms with E-state index in [1.54, 1.807) is 17.0 Å². The Morgan fingerprint density at radius 3 is 2.36 bits per heavy atom. The zero-order valence-corrected chi connectivity index (χ0v) is 28.9. The summed E-state index contributed by atoms with van der Waals surface area (Å²) in [7, 11) is -2.19. The first kappa shape index (κ1) is 34.8. The molecule has 0 bridgehead atoms. The third-order valence-corrected chi connectivity index (χ3v) is 10.0. The highest BCUT2D eigenvalue weighted by atomic mass is 79.9. The lowest BCUT2D eigenvalue weighted by molar-refractivity contribution is -0.141. The SMILES string of the molecule is COc1ccc(N(CCCC(=O)N(Cc2cccc(Br)c2)[C@@H](Cc2ccccc2)C(=O)NC2CCCCC2)S(C)(=O)=O)cc1Cl.